The van der Waals surface area contributed by atoms with E-state index in [9.17, 15) is 9.59 Å². The van der Waals surface area contributed by atoms with Gasteiger partial charge in [0.2, 0.25) is 0 Å². The van der Waals surface area contributed by atoms with E-state index in [-0.39, 0.29) is 12.1 Å². The molecular formula is C42H54N4O4. The molecule has 0 spiro atoms. The Balaban J connectivity index is 1.13. The number of unbranched alkanes of at least 4 members (excludes halogenated alkanes) is 1. The fourth-order valence-electron chi connectivity index (χ4n) is 7.77. The van der Waals surface area contributed by atoms with Crippen molar-refractivity contribution in [3.05, 3.63) is 78.1 Å². The standard InChI is InChI=1S/C42H54N4O4/c1-5-6-16-39-45-36-26-25-34(44-40(47)43-33-23-21-31(22-24-33)30-12-8-7-9-13-30)27-37(36)46(39)28-29-17-19-32(20-18-29)35-14-10-11-15-38(35)49-41(48)50-42(2,3)4/h10-11,14-15,17-20,25-27,30-31,33H,5-9,12-13,16,21-24,28H2,1-4H3,(H2,43,44,47). The van der Waals surface area contributed by atoms with E-state index in [0.29, 0.717) is 12.3 Å². The topological polar surface area (TPSA) is 94.5 Å². The maximum atomic E-state index is 13.1. The highest BCUT2D eigenvalue weighted by Gasteiger charge is 2.29. The van der Waals surface area contributed by atoms with Crippen molar-refractivity contribution in [2.75, 3.05) is 5.32 Å². The van der Waals surface area contributed by atoms with Crippen LogP contribution in [-0.2, 0) is 17.7 Å². The SMILES string of the molecule is CCCCc1nc2ccc(NC(=O)NC3CCC(C4CCCCC4)CC3)cc2n1Cc1ccc(-c2ccccc2OC(=O)OC(C)(C)C)cc1. The van der Waals surface area contributed by atoms with Gasteiger partial charge in [0.15, 0.2) is 0 Å². The molecule has 2 fully saturated rings. The van der Waals surface area contributed by atoms with E-state index >= 15 is 0 Å². The zero-order chi connectivity index (χ0) is 35.1. The van der Waals surface area contributed by atoms with E-state index in [1.54, 1.807) is 6.07 Å². The van der Waals surface area contributed by atoms with Crippen LogP contribution in [0.3, 0.4) is 0 Å². The third-order valence-electron chi connectivity index (χ3n) is 10.3. The van der Waals surface area contributed by atoms with Crippen molar-refractivity contribution in [3.63, 3.8) is 0 Å². The Labute approximate surface area is 297 Å². The minimum absolute atomic E-state index is 0.130. The van der Waals surface area contributed by atoms with Gasteiger partial charge in [-0.1, -0.05) is 87.9 Å². The molecule has 3 aromatic carbocycles. The van der Waals surface area contributed by atoms with Crippen LogP contribution in [0.2, 0.25) is 0 Å². The van der Waals surface area contributed by atoms with Crippen LogP contribution in [0.5, 0.6) is 5.75 Å². The molecule has 4 aromatic rings. The zero-order valence-corrected chi connectivity index (χ0v) is 30.3. The molecule has 266 valence electrons. The molecule has 1 heterocycles. The van der Waals surface area contributed by atoms with Gasteiger partial charge in [-0.2, -0.15) is 0 Å². The number of rotatable bonds is 10. The summed E-state index contributed by atoms with van der Waals surface area (Å²) < 4.78 is 13.2. The number of hydrogen-bond donors (Lipinski definition) is 2. The Kier molecular flexibility index (Phi) is 11.5. The number of carbonyl (C=O) groups is 2. The number of carbonyl (C=O) groups excluding carboxylic acids is 2. The number of amides is 2. The van der Waals surface area contributed by atoms with Crippen LogP contribution < -0.4 is 15.4 Å². The largest absolute Gasteiger partial charge is 0.514 e. The first kappa shape index (κ1) is 35.5. The minimum atomic E-state index is -0.725. The van der Waals surface area contributed by atoms with Crippen molar-refractivity contribution in [3.8, 4) is 16.9 Å². The number of anilines is 1. The summed E-state index contributed by atoms with van der Waals surface area (Å²) in [5.41, 5.74) is 4.93. The number of hydrogen-bond acceptors (Lipinski definition) is 5. The number of ether oxygens (including phenoxy) is 2. The van der Waals surface area contributed by atoms with Crippen LogP contribution in [0.15, 0.2) is 66.7 Å². The third kappa shape index (κ3) is 9.26. The zero-order valence-electron chi connectivity index (χ0n) is 30.3. The lowest BCUT2D eigenvalue weighted by molar-refractivity contribution is 0.0207. The number of para-hydroxylation sites is 1. The summed E-state index contributed by atoms with van der Waals surface area (Å²) in [6.07, 6.45) is 13.9. The first-order valence-corrected chi connectivity index (χ1v) is 18.8. The summed E-state index contributed by atoms with van der Waals surface area (Å²) >= 11 is 0. The molecule has 6 rings (SSSR count). The Hall–Kier alpha value is -4.33. The molecule has 0 bridgehead atoms. The first-order chi connectivity index (χ1) is 24.1. The van der Waals surface area contributed by atoms with Crippen LogP contribution in [0, 0.1) is 11.8 Å². The Morgan fingerprint density at radius 1 is 0.880 bits per heavy atom. The van der Waals surface area contributed by atoms with Gasteiger partial charge < -0.3 is 24.7 Å². The van der Waals surface area contributed by atoms with E-state index in [1.165, 1.54) is 44.9 Å². The van der Waals surface area contributed by atoms with E-state index in [0.717, 1.165) is 83.2 Å². The molecule has 8 nitrogen and oxygen atoms in total. The van der Waals surface area contributed by atoms with Gasteiger partial charge in [0.1, 0.15) is 17.2 Å². The predicted molar refractivity (Wildman–Crippen MR) is 201 cm³/mol. The molecule has 2 amide bonds. The highest BCUT2D eigenvalue weighted by molar-refractivity contribution is 5.92. The molecule has 2 N–H and O–H groups in total. The quantitative estimate of drug-likeness (QED) is 0.129. The first-order valence-electron chi connectivity index (χ1n) is 18.8. The molecule has 0 radical (unpaired) electrons. The average molecular weight is 679 g/mol. The van der Waals surface area contributed by atoms with Crippen LogP contribution in [0.1, 0.15) is 110 Å². The van der Waals surface area contributed by atoms with E-state index in [1.807, 2.05) is 51.1 Å². The second-order valence-electron chi connectivity index (χ2n) is 15.3. The molecule has 8 heteroatoms. The van der Waals surface area contributed by atoms with E-state index < -0.39 is 11.8 Å². The Morgan fingerprint density at radius 2 is 1.60 bits per heavy atom. The number of urea groups is 1. The van der Waals surface area contributed by atoms with E-state index in [4.69, 9.17) is 14.5 Å². The van der Waals surface area contributed by atoms with E-state index in [2.05, 4.69) is 52.5 Å². The molecule has 2 saturated carbocycles. The molecule has 50 heavy (non-hydrogen) atoms. The fraction of sp³-hybridized carbons (Fsp3) is 0.500. The van der Waals surface area contributed by atoms with Gasteiger partial charge in [-0.3, -0.25) is 0 Å². The number of fused-ring (bicyclic) bond motifs is 1. The van der Waals surface area contributed by atoms with Crippen molar-refractivity contribution in [2.24, 2.45) is 11.8 Å². The fourth-order valence-corrected chi connectivity index (χ4v) is 7.77. The van der Waals surface area contributed by atoms with Crippen molar-refractivity contribution >= 4 is 28.9 Å². The molecule has 0 atom stereocenters. The summed E-state index contributed by atoms with van der Waals surface area (Å²) in [4.78, 5) is 30.6. The highest BCUT2D eigenvalue weighted by atomic mass is 16.7. The van der Waals surface area contributed by atoms with Gasteiger partial charge in [0, 0.05) is 30.3 Å². The van der Waals surface area contributed by atoms with Crippen molar-refractivity contribution in [1.82, 2.24) is 14.9 Å². The summed E-state index contributed by atoms with van der Waals surface area (Å²) in [6.45, 7) is 8.28. The van der Waals surface area contributed by atoms with Gasteiger partial charge >= 0.3 is 12.2 Å². The number of nitrogens with one attached hydrogen (secondary N) is 2. The number of benzene rings is 3. The lowest BCUT2D eigenvalue weighted by Gasteiger charge is -2.36. The summed E-state index contributed by atoms with van der Waals surface area (Å²) in [5.74, 6) is 3.23. The minimum Gasteiger partial charge on any atom is -0.428 e. The van der Waals surface area contributed by atoms with Gasteiger partial charge in [-0.25, -0.2) is 14.6 Å². The normalized spacial score (nSPS) is 18.5. The monoisotopic (exact) mass is 678 g/mol. The maximum absolute atomic E-state index is 13.1. The van der Waals surface area contributed by atoms with Crippen LogP contribution in [0.4, 0.5) is 15.3 Å². The highest BCUT2D eigenvalue weighted by Crippen LogP contribution is 2.38. The van der Waals surface area contributed by atoms with Crippen molar-refractivity contribution < 1.29 is 19.1 Å². The summed E-state index contributed by atoms with van der Waals surface area (Å²) in [7, 11) is 0. The van der Waals surface area contributed by atoms with Gasteiger partial charge in [0.25, 0.3) is 0 Å². The van der Waals surface area contributed by atoms with Crippen LogP contribution in [0.25, 0.3) is 22.2 Å². The number of aromatic nitrogens is 2. The molecule has 2 aliphatic carbocycles. The van der Waals surface area contributed by atoms with Crippen molar-refractivity contribution in [1.29, 1.82) is 0 Å². The lowest BCUT2D eigenvalue weighted by atomic mass is 9.72. The summed E-state index contributed by atoms with van der Waals surface area (Å²) in [5, 5.41) is 6.38. The molecule has 1 aromatic heterocycles. The second-order valence-corrected chi connectivity index (χ2v) is 15.3. The smallest absolute Gasteiger partial charge is 0.428 e. The second kappa shape index (κ2) is 16.1. The lowest BCUT2D eigenvalue weighted by Crippen LogP contribution is -2.41. The van der Waals surface area contributed by atoms with Gasteiger partial charge in [-0.15, -0.1) is 0 Å². The van der Waals surface area contributed by atoms with Crippen LogP contribution in [-0.4, -0.2) is 33.4 Å². The Bertz CT molecular complexity index is 1740. The summed E-state index contributed by atoms with van der Waals surface area (Å²) in [6, 6.07) is 21.9. The molecule has 2 aliphatic rings. The average Bonchev–Trinajstić information content (AvgIpc) is 3.43. The third-order valence-corrected chi connectivity index (χ3v) is 10.3. The van der Waals surface area contributed by atoms with Crippen LogP contribution >= 0.6 is 0 Å². The number of aryl methyl sites for hydroxylation is 1. The molecule has 0 saturated heterocycles. The molecule has 0 unspecified atom stereocenters. The van der Waals surface area contributed by atoms with Crippen molar-refractivity contribution in [2.45, 2.75) is 123 Å². The van der Waals surface area contributed by atoms with Gasteiger partial charge in [0.05, 0.1) is 11.0 Å². The predicted octanol–water partition coefficient (Wildman–Crippen LogP) is 10.7. The van der Waals surface area contributed by atoms with Gasteiger partial charge in [-0.05, 0) is 100 Å². The molecule has 0 aliphatic heterocycles. The number of nitrogens with zero attached hydrogens (tertiary/aromatic N) is 2. The molecular weight excluding hydrogens is 624 g/mol. The Morgan fingerprint density at radius 3 is 2.32 bits per heavy atom. The number of imidazole rings is 1. The maximum Gasteiger partial charge on any atom is 0.514 e.